The van der Waals surface area contributed by atoms with Gasteiger partial charge in [-0.15, -0.1) is 0 Å². The van der Waals surface area contributed by atoms with Gasteiger partial charge in [-0.05, 0) is 41.1 Å². The van der Waals surface area contributed by atoms with Crippen LogP contribution in [0.1, 0.15) is 19.8 Å². The maximum atomic E-state index is 4.35. The molecule has 0 fully saturated rings. The minimum absolute atomic E-state index is 0.919. The molecule has 0 aliphatic heterocycles. The van der Waals surface area contributed by atoms with E-state index in [1.54, 1.807) is 0 Å². The minimum Gasteiger partial charge on any atom is -0.355 e. The molecule has 0 saturated heterocycles. The number of rotatable bonds is 5. The summed E-state index contributed by atoms with van der Waals surface area (Å²) >= 11 is 2.35. The predicted octanol–water partition coefficient (Wildman–Crippen LogP) is 3.69. The molecule has 1 aromatic heterocycles. The average molecular weight is 341 g/mol. The summed E-state index contributed by atoms with van der Waals surface area (Å²) in [4.78, 5) is 4.35. The van der Waals surface area contributed by atoms with E-state index in [0.717, 1.165) is 12.5 Å². The molecule has 1 heterocycles. The molecular formula is C13H16IN3. The van der Waals surface area contributed by atoms with Gasteiger partial charge in [0.05, 0.1) is 5.69 Å². The Hall–Kier alpha value is -1.04. The first kappa shape index (κ1) is 12.4. The third-order valence-corrected chi connectivity index (χ3v) is 3.48. The van der Waals surface area contributed by atoms with E-state index < -0.39 is 0 Å². The highest BCUT2D eigenvalue weighted by atomic mass is 127. The largest absolute Gasteiger partial charge is 0.355 e. The molecule has 1 aromatic carbocycles. The van der Waals surface area contributed by atoms with E-state index in [9.17, 15) is 0 Å². The van der Waals surface area contributed by atoms with Crippen molar-refractivity contribution in [1.29, 1.82) is 0 Å². The maximum Gasteiger partial charge on any atom is 0.207 e. The van der Waals surface area contributed by atoms with Gasteiger partial charge in [-0.3, -0.25) is 4.57 Å². The number of benzene rings is 1. The van der Waals surface area contributed by atoms with Gasteiger partial charge in [-0.2, -0.15) is 0 Å². The molecule has 4 heteroatoms. The molecule has 0 atom stereocenters. The number of para-hydroxylation sites is 1. The Morgan fingerprint density at radius 2 is 2.18 bits per heavy atom. The summed E-state index contributed by atoms with van der Waals surface area (Å²) in [5, 5.41) is 3.37. The van der Waals surface area contributed by atoms with Crippen molar-refractivity contribution in [3.63, 3.8) is 0 Å². The first-order chi connectivity index (χ1) is 8.33. The van der Waals surface area contributed by atoms with E-state index >= 15 is 0 Å². The lowest BCUT2D eigenvalue weighted by atomic mass is 10.3. The zero-order valence-corrected chi connectivity index (χ0v) is 12.0. The number of hydrogen-bond donors (Lipinski definition) is 1. The Labute approximate surface area is 115 Å². The van der Waals surface area contributed by atoms with Crippen molar-refractivity contribution in [2.45, 2.75) is 19.8 Å². The van der Waals surface area contributed by atoms with Crippen LogP contribution in [0.4, 0.5) is 5.95 Å². The number of nitrogens with zero attached hydrogens (tertiary/aromatic N) is 2. The molecule has 0 spiro atoms. The molecule has 0 bridgehead atoms. The summed E-state index contributed by atoms with van der Waals surface area (Å²) in [6, 6.07) is 8.31. The quantitative estimate of drug-likeness (QED) is 0.664. The third kappa shape index (κ3) is 3.00. The van der Waals surface area contributed by atoms with Crippen molar-refractivity contribution in [2.75, 3.05) is 11.9 Å². The van der Waals surface area contributed by atoms with Crippen molar-refractivity contribution in [2.24, 2.45) is 0 Å². The monoisotopic (exact) mass is 341 g/mol. The second-order valence-electron chi connectivity index (χ2n) is 3.85. The van der Waals surface area contributed by atoms with Crippen molar-refractivity contribution in [1.82, 2.24) is 9.55 Å². The molecule has 1 N–H and O–H groups in total. The van der Waals surface area contributed by atoms with Gasteiger partial charge in [0.15, 0.2) is 0 Å². The number of aromatic nitrogens is 2. The van der Waals surface area contributed by atoms with Gasteiger partial charge in [0.25, 0.3) is 0 Å². The van der Waals surface area contributed by atoms with E-state index in [-0.39, 0.29) is 0 Å². The smallest absolute Gasteiger partial charge is 0.207 e. The van der Waals surface area contributed by atoms with Gasteiger partial charge >= 0.3 is 0 Å². The van der Waals surface area contributed by atoms with Crippen LogP contribution in [0.5, 0.6) is 0 Å². The zero-order valence-electron chi connectivity index (χ0n) is 9.86. The number of nitrogens with one attached hydrogen (secondary N) is 1. The van der Waals surface area contributed by atoms with Crippen molar-refractivity contribution < 1.29 is 0 Å². The van der Waals surface area contributed by atoms with Gasteiger partial charge in [-0.1, -0.05) is 25.5 Å². The molecule has 17 heavy (non-hydrogen) atoms. The van der Waals surface area contributed by atoms with Gasteiger partial charge in [0, 0.05) is 22.5 Å². The van der Waals surface area contributed by atoms with E-state index in [0.29, 0.717) is 0 Å². The molecule has 3 nitrogen and oxygen atoms in total. The molecule has 90 valence electrons. The maximum absolute atomic E-state index is 4.35. The van der Waals surface area contributed by atoms with E-state index in [2.05, 4.69) is 56.5 Å². The average Bonchev–Trinajstić information content (AvgIpc) is 2.78. The minimum atomic E-state index is 0.919. The third-order valence-electron chi connectivity index (χ3n) is 2.57. The summed E-state index contributed by atoms with van der Waals surface area (Å²) < 4.78 is 3.32. The highest BCUT2D eigenvalue weighted by Gasteiger charge is 2.06. The standard InChI is InChI=1S/C13H16IN3/c1-2-3-8-15-13-16-9-10-17(13)12-7-5-4-6-11(12)14/h4-7,9-10H,2-3,8H2,1H3,(H,15,16). The topological polar surface area (TPSA) is 29.9 Å². The highest BCUT2D eigenvalue weighted by Crippen LogP contribution is 2.20. The summed E-state index contributed by atoms with van der Waals surface area (Å²) in [5.74, 6) is 0.919. The van der Waals surface area contributed by atoms with E-state index in [4.69, 9.17) is 0 Å². The molecule has 0 saturated carbocycles. The zero-order chi connectivity index (χ0) is 12.1. The van der Waals surface area contributed by atoms with Gasteiger partial charge in [0.1, 0.15) is 0 Å². The molecule has 0 aliphatic carbocycles. The summed E-state index contributed by atoms with van der Waals surface area (Å²) in [6.07, 6.45) is 6.18. The van der Waals surface area contributed by atoms with Gasteiger partial charge in [0.2, 0.25) is 5.95 Å². The second kappa shape index (κ2) is 6.05. The van der Waals surface area contributed by atoms with Crippen LogP contribution in [0.25, 0.3) is 5.69 Å². The van der Waals surface area contributed by atoms with Gasteiger partial charge in [-0.25, -0.2) is 4.98 Å². The Balaban J connectivity index is 2.22. The van der Waals surface area contributed by atoms with Crippen molar-refractivity contribution in [3.8, 4) is 5.69 Å². The molecule has 2 rings (SSSR count). The lowest BCUT2D eigenvalue weighted by Crippen LogP contribution is -2.08. The summed E-state index contributed by atoms with van der Waals surface area (Å²) in [6.45, 7) is 3.16. The molecule has 2 aromatic rings. The number of hydrogen-bond acceptors (Lipinski definition) is 2. The lowest BCUT2D eigenvalue weighted by molar-refractivity contribution is 0.823. The fourth-order valence-corrected chi connectivity index (χ4v) is 2.30. The lowest BCUT2D eigenvalue weighted by Gasteiger charge is -2.10. The van der Waals surface area contributed by atoms with Crippen LogP contribution in [0.2, 0.25) is 0 Å². The Morgan fingerprint density at radius 3 is 2.94 bits per heavy atom. The van der Waals surface area contributed by atoms with Crippen LogP contribution in [0.15, 0.2) is 36.7 Å². The molecule has 0 unspecified atom stereocenters. The molecule has 0 radical (unpaired) electrons. The predicted molar refractivity (Wildman–Crippen MR) is 79.7 cm³/mol. The Bertz CT molecular complexity index is 479. The van der Waals surface area contributed by atoms with Gasteiger partial charge < -0.3 is 5.32 Å². The molecule has 0 amide bonds. The van der Waals surface area contributed by atoms with E-state index in [1.165, 1.54) is 22.1 Å². The number of anilines is 1. The fraction of sp³-hybridized carbons (Fsp3) is 0.308. The van der Waals surface area contributed by atoms with Crippen molar-refractivity contribution in [3.05, 3.63) is 40.2 Å². The van der Waals surface area contributed by atoms with Crippen LogP contribution in [-0.2, 0) is 0 Å². The normalized spacial score (nSPS) is 10.5. The SMILES string of the molecule is CCCCNc1nccn1-c1ccccc1I. The first-order valence-corrected chi connectivity index (χ1v) is 6.93. The Kier molecular flexibility index (Phi) is 4.42. The van der Waals surface area contributed by atoms with E-state index in [1.807, 2.05) is 24.5 Å². The van der Waals surface area contributed by atoms with Crippen LogP contribution in [0.3, 0.4) is 0 Å². The number of imidazole rings is 1. The Morgan fingerprint density at radius 1 is 1.35 bits per heavy atom. The number of unbranched alkanes of at least 4 members (excludes halogenated alkanes) is 1. The molecule has 0 aliphatic rings. The fourth-order valence-electron chi connectivity index (χ4n) is 1.65. The van der Waals surface area contributed by atoms with Crippen LogP contribution in [0, 0.1) is 3.57 Å². The number of halogens is 1. The molecular weight excluding hydrogens is 325 g/mol. The summed E-state index contributed by atoms with van der Waals surface area (Å²) in [5.41, 5.74) is 1.17. The van der Waals surface area contributed by atoms with Crippen LogP contribution >= 0.6 is 22.6 Å². The van der Waals surface area contributed by atoms with Crippen molar-refractivity contribution >= 4 is 28.5 Å². The highest BCUT2D eigenvalue weighted by molar-refractivity contribution is 14.1. The summed E-state index contributed by atoms with van der Waals surface area (Å²) in [7, 11) is 0. The van der Waals surface area contributed by atoms with Crippen LogP contribution < -0.4 is 5.32 Å². The first-order valence-electron chi connectivity index (χ1n) is 5.85. The van der Waals surface area contributed by atoms with Crippen LogP contribution in [-0.4, -0.2) is 16.1 Å². The second-order valence-corrected chi connectivity index (χ2v) is 5.01.